The number of amides is 1. The van der Waals surface area contributed by atoms with E-state index in [-0.39, 0.29) is 17.7 Å². The highest BCUT2D eigenvalue weighted by Crippen LogP contribution is 2.13. The van der Waals surface area contributed by atoms with Gasteiger partial charge in [0.15, 0.2) is 6.10 Å². The molecule has 1 aromatic carbocycles. The summed E-state index contributed by atoms with van der Waals surface area (Å²) in [5.41, 5.74) is 10.4. The summed E-state index contributed by atoms with van der Waals surface area (Å²) in [5, 5.41) is 0. The van der Waals surface area contributed by atoms with Crippen LogP contribution in [0.15, 0.2) is 18.2 Å². The number of hydrogen-bond acceptors (Lipinski definition) is 4. The fourth-order valence-corrected chi connectivity index (χ4v) is 1.27. The molecule has 6 heteroatoms. The van der Waals surface area contributed by atoms with Gasteiger partial charge in [-0.3, -0.25) is 4.79 Å². The Kier molecular flexibility index (Phi) is 4.03. The van der Waals surface area contributed by atoms with E-state index in [4.69, 9.17) is 16.2 Å². The molecule has 0 heterocycles. The molecule has 5 nitrogen and oxygen atoms in total. The molecule has 0 aliphatic rings. The first-order valence-corrected chi connectivity index (χ1v) is 5.00. The number of ether oxygens (including phenoxy) is 1. The van der Waals surface area contributed by atoms with Crippen LogP contribution in [-0.2, 0) is 9.53 Å². The van der Waals surface area contributed by atoms with E-state index in [0.29, 0.717) is 0 Å². The minimum Gasteiger partial charge on any atom is -0.449 e. The second-order valence-corrected chi connectivity index (χ2v) is 3.48. The van der Waals surface area contributed by atoms with Crippen LogP contribution in [0, 0.1) is 5.82 Å². The Labute approximate surface area is 97.5 Å². The van der Waals surface area contributed by atoms with Gasteiger partial charge in [-0.15, -0.1) is 0 Å². The van der Waals surface area contributed by atoms with Gasteiger partial charge in [0.2, 0.25) is 0 Å². The minimum atomic E-state index is -1.02. The molecular weight excluding hydrogens is 227 g/mol. The van der Waals surface area contributed by atoms with Crippen LogP contribution in [0.5, 0.6) is 0 Å². The predicted molar refractivity (Wildman–Crippen MR) is 59.5 cm³/mol. The van der Waals surface area contributed by atoms with Crippen molar-refractivity contribution in [2.45, 2.75) is 19.4 Å². The Morgan fingerprint density at radius 1 is 1.41 bits per heavy atom. The number of carbonyl (C=O) groups is 2. The molecule has 92 valence electrons. The first-order valence-electron chi connectivity index (χ1n) is 5.00. The minimum absolute atomic E-state index is 0.0535. The maximum absolute atomic E-state index is 13.0. The van der Waals surface area contributed by atoms with Gasteiger partial charge in [-0.2, -0.15) is 0 Å². The fraction of sp³-hybridized carbons (Fsp3) is 0.273. The summed E-state index contributed by atoms with van der Waals surface area (Å²) in [6.45, 7) is 1.64. The number of hydrogen-bond donors (Lipinski definition) is 2. The van der Waals surface area contributed by atoms with E-state index in [1.54, 1.807) is 6.92 Å². The van der Waals surface area contributed by atoms with E-state index in [9.17, 15) is 14.0 Å². The van der Waals surface area contributed by atoms with Gasteiger partial charge in [0, 0.05) is 5.69 Å². The lowest BCUT2D eigenvalue weighted by atomic mass is 10.2. The lowest BCUT2D eigenvalue weighted by Gasteiger charge is -2.12. The van der Waals surface area contributed by atoms with Gasteiger partial charge >= 0.3 is 5.97 Å². The van der Waals surface area contributed by atoms with Crippen molar-refractivity contribution in [2.75, 3.05) is 5.73 Å². The molecule has 1 aromatic rings. The van der Waals surface area contributed by atoms with Crippen molar-refractivity contribution in [3.63, 3.8) is 0 Å². The second-order valence-electron chi connectivity index (χ2n) is 3.48. The summed E-state index contributed by atoms with van der Waals surface area (Å²) in [7, 11) is 0. The summed E-state index contributed by atoms with van der Waals surface area (Å²) in [6, 6.07) is 3.31. The SMILES string of the molecule is CCC(OC(=O)c1cc(N)cc(F)c1)C(N)=O. The molecule has 0 aliphatic carbocycles. The molecule has 1 atom stereocenters. The molecule has 0 radical (unpaired) electrons. The summed E-state index contributed by atoms with van der Waals surface area (Å²) >= 11 is 0. The Hall–Kier alpha value is -2.11. The molecule has 17 heavy (non-hydrogen) atoms. The van der Waals surface area contributed by atoms with Gasteiger partial charge in [0.05, 0.1) is 5.56 Å². The largest absolute Gasteiger partial charge is 0.449 e. The number of anilines is 1. The number of primary amides is 1. The number of carbonyl (C=O) groups excluding carboxylic acids is 2. The van der Waals surface area contributed by atoms with Gasteiger partial charge in [-0.25, -0.2) is 9.18 Å². The Morgan fingerprint density at radius 3 is 2.53 bits per heavy atom. The second kappa shape index (κ2) is 5.29. The van der Waals surface area contributed by atoms with E-state index >= 15 is 0 Å². The molecule has 0 bridgehead atoms. The van der Waals surface area contributed by atoms with Crippen molar-refractivity contribution in [2.24, 2.45) is 5.73 Å². The van der Waals surface area contributed by atoms with Crippen molar-refractivity contribution < 1.29 is 18.7 Å². The highest BCUT2D eigenvalue weighted by atomic mass is 19.1. The third-order valence-electron chi connectivity index (χ3n) is 2.09. The number of nitrogen functional groups attached to an aromatic ring is 1. The highest BCUT2D eigenvalue weighted by Gasteiger charge is 2.19. The maximum Gasteiger partial charge on any atom is 0.339 e. The number of rotatable bonds is 4. The molecule has 4 N–H and O–H groups in total. The van der Waals surface area contributed by atoms with Crippen LogP contribution in [-0.4, -0.2) is 18.0 Å². The molecule has 0 fully saturated rings. The van der Waals surface area contributed by atoms with Crippen LogP contribution in [0.3, 0.4) is 0 Å². The Balaban J connectivity index is 2.86. The average Bonchev–Trinajstić information content (AvgIpc) is 2.23. The molecule has 0 saturated heterocycles. The standard InChI is InChI=1S/C11H13FN2O3/c1-2-9(10(14)15)17-11(16)6-3-7(12)5-8(13)4-6/h3-5,9H,2,13H2,1H3,(H2,14,15). The van der Waals surface area contributed by atoms with Crippen LogP contribution >= 0.6 is 0 Å². The number of halogens is 1. The van der Waals surface area contributed by atoms with Gasteiger partial charge in [-0.05, 0) is 24.6 Å². The topological polar surface area (TPSA) is 95.4 Å². The van der Waals surface area contributed by atoms with E-state index < -0.39 is 23.8 Å². The third-order valence-corrected chi connectivity index (χ3v) is 2.09. The highest BCUT2D eigenvalue weighted by molar-refractivity contribution is 5.92. The number of nitrogens with two attached hydrogens (primary N) is 2. The first kappa shape index (κ1) is 13.0. The zero-order valence-corrected chi connectivity index (χ0v) is 9.27. The van der Waals surface area contributed by atoms with E-state index in [1.807, 2.05) is 0 Å². The van der Waals surface area contributed by atoms with Crippen molar-refractivity contribution in [3.05, 3.63) is 29.6 Å². The number of esters is 1. The molecule has 1 unspecified atom stereocenters. The van der Waals surface area contributed by atoms with Crippen molar-refractivity contribution in [1.29, 1.82) is 0 Å². The fourth-order valence-electron chi connectivity index (χ4n) is 1.27. The van der Waals surface area contributed by atoms with Crippen molar-refractivity contribution in [3.8, 4) is 0 Å². The Bertz CT molecular complexity index is 428. The molecule has 1 amide bonds. The van der Waals surface area contributed by atoms with Crippen molar-refractivity contribution >= 4 is 17.6 Å². The monoisotopic (exact) mass is 240 g/mol. The van der Waals surface area contributed by atoms with E-state index in [2.05, 4.69) is 0 Å². The first-order chi connectivity index (χ1) is 7.93. The quantitative estimate of drug-likeness (QED) is 0.601. The molecule has 0 aliphatic heterocycles. The van der Waals surface area contributed by atoms with Gasteiger partial charge < -0.3 is 16.2 Å². The zero-order valence-electron chi connectivity index (χ0n) is 9.27. The lowest BCUT2D eigenvalue weighted by Crippen LogP contribution is -2.32. The molecule has 0 aromatic heterocycles. The molecular formula is C11H13FN2O3. The molecule has 0 spiro atoms. The average molecular weight is 240 g/mol. The van der Waals surface area contributed by atoms with E-state index in [1.165, 1.54) is 6.07 Å². The molecule has 0 saturated carbocycles. The predicted octanol–water partition coefficient (Wildman–Crippen LogP) is 0.829. The van der Waals surface area contributed by atoms with E-state index in [0.717, 1.165) is 12.1 Å². The smallest absolute Gasteiger partial charge is 0.339 e. The summed E-state index contributed by atoms with van der Waals surface area (Å²) < 4.78 is 17.8. The van der Waals surface area contributed by atoms with Crippen LogP contribution in [0.25, 0.3) is 0 Å². The van der Waals surface area contributed by atoms with Crippen LogP contribution in [0.2, 0.25) is 0 Å². The van der Waals surface area contributed by atoms with Crippen molar-refractivity contribution in [1.82, 2.24) is 0 Å². The normalized spacial score (nSPS) is 11.9. The summed E-state index contributed by atoms with van der Waals surface area (Å²) in [6.07, 6.45) is -0.765. The summed E-state index contributed by atoms with van der Waals surface area (Å²) in [4.78, 5) is 22.4. The molecule has 1 rings (SSSR count). The van der Waals surface area contributed by atoms with Gasteiger partial charge in [-0.1, -0.05) is 6.92 Å². The summed E-state index contributed by atoms with van der Waals surface area (Å²) in [5.74, 6) is -2.23. The number of benzene rings is 1. The van der Waals surface area contributed by atoms with Gasteiger partial charge in [0.25, 0.3) is 5.91 Å². The van der Waals surface area contributed by atoms with Crippen LogP contribution in [0.4, 0.5) is 10.1 Å². The van der Waals surface area contributed by atoms with Gasteiger partial charge in [0.1, 0.15) is 5.82 Å². The lowest BCUT2D eigenvalue weighted by molar-refractivity contribution is -0.126. The van der Waals surface area contributed by atoms with Crippen LogP contribution in [0.1, 0.15) is 23.7 Å². The van der Waals surface area contributed by atoms with Crippen LogP contribution < -0.4 is 11.5 Å². The Morgan fingerprint density at radius 2 is 2.06 bits per heavy atom. The maximum atomic E-state index is 13.0. The third kappa shape index (κ3) is 3.44. The zero-order chi connectivity index (χ0) is 13.0.